The monoisotopic (exact) mass is 310 g/mol. The maximum Gasteiger partial charge on any atom is 0.275 e. The van der Waals surface area contributed by atoms with Gasteiger partial charge in [-0.2, -0.15) is 0 Å². The molecule has 0 unspecified atom stereocenters. The van der Waals surface area contributed by atoms with Gasteiger partial charge in [-0.3, -0.25) is 10.1 Å². The molecule has 1 aliphatic carbocycles. The van der Waals surface area contributed by atoms with Crippen LogP contribution in [-0.4, -0.2) is 11.5 Å². The average Bonchev–Trinajstić information content (AvgIpc) is 2.49. The van der Waals surface area contributed by atoms with Gasteiger partial charge >= 0.3 is 0 Å². The number of nitro benzene ring substituents is 1. The Kier molecular flexibility index (Phi) is 6.00. The fraction of sp³-hybridized carbons (Fsp3) is 0.625. The van der Waals surface area contributed by atoms with Crippen molar-refractivity contribution in [3.63, 3.8) is 0 Å². The summed E-state index contributed by atoms with van der Waals surface area (Å²) in [5.74, 6) is 1.58. The number of halogens is 1. The van der Waals surface area contributed by atoms with Crippen molar-refractivity contribution in [2.45, 2.75) is 45.6 Å². The van der Waals surface area contributed by atoms with E-state index >= 15 is 0 Å². The van der Waals surface area contributed by atoms with E-state index in [-0.39, 0.29) is 10.6 Å². The molecule has 0 atom stereocenters. The fourth-order valence-corrected chi connectivity index (χ4v) is 3.37. The number of rotatable bonds is 6. The minimum Gasteiger partial charge on any atom is -0.312 e. The van der Waals surface area contributed by atoms with Crippen molar-refractivity contribution >= 4 is 17.3 Å². The molecule has 1 saturated carbocycles. The van der Waals surface area contributed by atoms with E-state index in [2.05, 4.69) is 12.2 Å². The molecule has 2 rings (SSSR count). The number of hydrogen-bond donors (Lipinski definition) is 1. The van der Waals surface area contributed by atoms with Crippen LogP contribution in [0.5, 0.6) is 0 Å². The lowest BCUT2D eigenvalue weighted by atomic mass is 9.81. The van der Waals surface area contributed by atoms with Gasteiger partial charge < -0.3 is 5.32 Å². The first kappa shape index (κ1) is 16.2. The van der Waals surface area contributed by atoms with Crippen molar-refractivity contribution < 1.29 is 4.92 Å². The molecular weight excluding hydrogens is 288 g/mol. The first-order valence-electron chi connectivity index (χ1n) is 7.74. The summed E-state index contributed by atoms with van der Waals surface area (Å²) in [6.07, 6.45) is 6.43. The van der Waals surface area contributed by atoms with Crippen molar-refractivity contribution in [2.24, 2.45) is 11.8 Å². The highest BCUT2D eigenvalue weighted by Gasteiger charge is 2.20. The molecule has 0 aliphatic heterocycles. The standard InChI is InChI=1S/C16H23ClN2O2/c1-2-12-6-8-13(9-7-12)10-18-11-14-15(17)4-3-5-16(14)19(20)21/h3-5,12-13,18H,2,6-11H2,1H3. The zero-order valence-corrected chi connectivity index (χ0v) is 13.2. The zero-order valence-electron chi connectivity index (χ0n) is 12.5. The van der Waals surface area contributed by atoms with Crippen LogP contribution in [0.4, 0.5) is 5.69 Å². The predicted molar refractivity (Wildman–Crippen MR) is 85.6 cm³/mol. The first-order valence-corrected chi connectivity index (χ1v) is 8.12. The number of nitrogens with zero attached hydrogens (tertiary/aromatic N) is 1. The third-order valence-electron chi connectivity index (χ3n) is 4.57. The van der Waals surface area contributed by atoms with Gasteiger partial charge in [0.15, 0.2) is 0 Å². The van der Waals surface area contributed by atoms with Crippen LogP contribution in [0.2, 0.25) is 5.02 Å². The van der Waals surface area contributed by atoms with Crippen LogP contribution in [0.1, 0.15) is 44.6 Å². The second-order valence-electron chi connectivity index (χ2n) is 5.92. The molecule has 0 radical (unpaired) electrons. The van der Waals surface area contributed by atoms with Crippen LogP contribution < -0.4 is 5.32 Å². The van der Waals surface area contributed by atoms with E-state index in [4.69, 9.17) is 11.6 Å². The van der Waals surface area contributed by atoms with Crippen LogP contribution in [0.25, 0.3) is 0 Å². The minimum atomic E-state index is -0.366. The lowest BCUT2D eigenvalue weighted by molar-refractivity contribution is -0.385. The van der Waals surface area contributed by atoms with Crippen LogP contribution in [0, 0.1) is 22.0 Å². The first-order chi connectivity index (χ1) is 10.1. The molecular formula is C16H23ClN2O2. The Hall–Kier alpha value is -1.13. The summed E-state index contributed by atoms with van der Waals surface area (Å²) in [6, 6.07) is 4.84. The molecule has 1 aliphatic rings. The Morgan fingerprint density at radius 2 is 1.95 bits per heavy atom. The van der Waals surface area contributed by atoms with Crippen molar-refractivity contribution in [2.75, 3.05) is 6.54 Å². The molecule has 1 aromatic rings. The van der Waals surface area contributed by atoms with Gasteiger partial charge in [0.25, 0.3) is 5.69 Å². The van der Waals surface area contributed by atoms with E-state index in [1.54, 1.807) is 12.1 Å². The van der Waals surface area contributed by atoms with Crippen LogP contribution in [-0.2, 0) is 6.54 Å². The van der Waals surface area contributed by atoms with Crippen molar-refractivity contribution in [1.82, 2.24) is 5.32 Å². The van der Waals surface area contributed by atoms with Gasteiger partial charge in [-0.15, -0.1) is 0 Å². The largest absolute Gasteiger partial charge is 0.312 e. The Bertz CT molecular complexity index is 485. The molecule has 0 spiro atoms. The summed E-state index contributed by atoms with van der Waals surface area (Å²) in [7, 11) is 0. The highest BCUT2D eigenvalue weighted by atomic mass is 35.5. The number of hydrogen-bond acceptors (Lipinski definition) is 3. The van der Waals surface area contributed by atoms with Crippen molar-refractivity contribution in [3.05, 3.63) is 38.9 Å². The highest BCUT2D eigenvalue weighted by molar-refractivity contribution is 6.31. The number of nitro groups is 1. The molecule has 1 fully saturated rings. The third-order valence-corrected chi connectivity index (χ3v) is 4.92. The summed E-state index contributed by atoms with van der Waals surface area (Å²) in [5, 5.41) is 14.8. The highest BCUT2D eigenvalue weighted by Crippen LogP contribution is 2.30. The number of benzene rings is 1. The maximum absolute atomic E-state index is 11.0. The summed E-state index contributed by atoms with van der Waals surface area (Å²) in [6.45, 7) is 3.64. The molecule has 116 valence electrons. The van der Waals surface area contributed by atoms with Gasteiger partial charge in [0.1, 0.15) is 0 Å². The summed E-state index contributed by atoms with van der Waals surface area (Å²) < 4.78 is 0. The van der Waals surface area contributed by atoms with Crippen LogP contribution in [0.3, 0.4) is 0 Å². The maximum atomic E-state index is 11.0. The topological polar surface area (TPSA) is 55.2 Å². The summed E-state index contributed by atoms with van der Waals surface area (Å²) in [5.41, 5.74) is 0.691. The van der Waals surface area contributed by atoms with E-state index < -0.39 is 0 Å². The van der Waals surface area contributed by atoms with Gasteiger partial charge in [0, 0.05) is 12.6 Å². The number of nitrogens with one attached hydrogen (secondary N) is 1. The molecule has 4 nitrogen and oxygen atoms in total. The molecule has 5 heteroatoms. The van der Waals surface area contributed by atoms with Crippen molar-refractivity contribution in [3.8, 4) is 0 Å². The Morgan fingerprint density at radius 3 is 2.57 bits per heavy atom. The van der Waals surface area contributed by atoms with Crippen LogP contribution in [0.15, 0.2) is 18.2 Å². The van der Waals surface area contributed by atoms with E-state index in [0.29, 0.717) is 23.0 Å². The minimum absolute atomic E-state index is 0.102. The zero-order chi connectivity index (χ0) is 15.2. The van der Waals surface area contributed by atoms with Gasteiger partial charge in [-0.1, -0.05) is 43.9 Å². The molecule has 0 saturated heterocycles. The quantitative estimate of drug-likeness (QED) is 0.619. The lowest BCUT2D eigenvalue weighted by Gasteiger charge is -2.27. The Labute approximate surface area is 131 Å². The van der Waals surface area contributed by atoms with Gasteiger partial charge in [0.2, 0.25) is 0 Å². The normalized spacial score (nSPS) is 22.2. The van der Waals surface area contributed by atoms with Gasteiger partial charge in [-0.25, -0.2) is 0 Å². The van der Waals surface area contributed by atoms with Gasteiger partial charge in [-0.05, 0) is 37.3 Å². The summed E-state index contributed by atoms with van der Waals surface area (Å²) >= 11 is 6.09. The second-order valence-corrected chi connectivity index (χ2v) is 6.33. The van der Waals surface area contributed by atoms with E-state index in [0.717, 1.165) is 12.5 Å². The Balaban J connectivity index is 1.85. The lowest BCUT2D eigenvalue weighted by Crippen LogP contribution is -2.26. The molecule has 0 bridgehead atoms. The second kappa shape index (κ2) is 7.76. The molecule has 0 heterocycles. The predicted octanol–water partition coefficient (Wildman–Crippen LogP) is 4.55. The molecule has 21 heavy (non-hydrogen) atoms. The van der Waals surface area contributed by atoms with Crippen molar-refractivity contribution in [1.29, 1.82) is 0 Å². The molecule has 0 amide bonds. The summed E-state index contributed by atoms with van der Waals surface area (Å²) in [4.78, 5) is 10.7. The average molecular weight is 311 g/mol. The molecule has 1 N–H and O–H groups in total. The van der Waals surface area contributed by atoms with E-state index in [1.807, 2.05) is 0 Å². The fourth-order valence-electron chi connectivity index (χ4n) is 3.14. The van der Waals surface area contributed by atoms with E-state index in [9.17, 15) is 10.1 Å². The molecule has 1 aromatic carbocycles. The third kappa shape index (κ3) is 4.42. The van der Waals surface area contributed by atoms with Gasteiger partial charge in [0.05, 0.1) is 15.5 Å². The van der Waals surface area contributed by atoms with E-state index in [1.165, 1.54) is 38.2 Å². The SMILES string of the molecule is CCC1CCC(CNCc2c(Cl)cccc2[N+](=O)[O-])CC1. The Morgan fingerprint density at radius 1 is 1.29 bits per heavy atom. The van der Waals surface area contributed by atoms with Crippen LogP contribution >= 0.6 is 11.6 Å². The smallest absolute Gasteiger partial charge is 0.275 e. The molecule has 0 aromatic heterocycles.